The van der Waals surface area contributed by atoms with Crippen molar-refractivity contribution in [1.82, 2.24) is 5.32 Å². The van der Waals surface area contributed by atoms with Crippen molar-refractivity contribution in [2.75, 3.05) is 6.61 Å². The molecule has 0 fully saturated rings. The number of nitro groups is 1. The number of nitro benzene ring substituents is 1. The number of hydrogen-bond donors (Lipinski definition) is 1. The van der Waals surface area contributed by atoms with Gasteiger partial charge in [-0.1, -0.05) is 60.2 Å². The average molecular weight is 446 g/mol. The maximum Gasteiger partial charge on any atom is 0.329 e. The zero-order valence-electron chi connectivity index (χ0n) is 17.9. The molecule has 0 saturated carbocycles. The zero-order chi connectivity index (χ0) is 23.8. The predicted molar refractivity (Wildman–Crippen MR) is 121 cm³/mol. The molecule has 8 nitrogen and oxygen atoms in total. The van der Waals surface area contributed by atoms with Crippen LogP contribution in [-0.2, 0) is 16.0 Å². The van der Waals surface area contributed by atoms with E-state index in [0.717, 1.165) is 11.1 Å². The molecule has 0 aliphatic heterocycles. The Hall–Kier alpha value is -4.33. The molecule has 0 spiro atoms. The number of ketones is 1. The van der Waals surface area contributed by atoms with Crippen LogP contribution in [0.3, 0.4) is 0 Å². The van der Waals surface area contributed by atoms with Crippen LogP contribution in [0.15, 0.2) is 78.9 Å². The highest BCUT2D eigenvalue weighted by molar-refractivity contribution is 5.99. The van der Waals surface area contributed by atoms with Crippen molar-refractivity contribution < 1.29 is 24.0 Å². The van der Waals surface area contributed by atoms with Gasteiger partial charge in [-0.25, -0.2) is 4.79 Å². The van der Waals surface area contributed by atoms with E-state index >= 15 is 0 Å². The molecule has 0 radical (unpaired) electrons. The summed E-state index contributed by atoms with van der Waals surface area (Å²) in [6.45, 7) is 1.44. The van der Waals surface area contributed by atoms with Crippen molar-refractivity contribution in [2.24, 2.45) is 0 Å². The van der Waals surface area contributed by atoms with E-state index in [1.54, 1.807) is 48.5 Å². The molecular formula is C25H22N2O6. The molecule has 168 valence electrons. The molecule has 1 atom stereocenters. The Balaban J connectivity index is 1.70. The van der Waals surface area contributed by atoms with Crippen LogP contribution >= 0.6 is 0 Å². The summed E-state index contributed by atoms with van der Waals surface area (Å²) in [5.41, 5.74) is 2.21. The zero-order valence-corrected chi connectivity index (χ0v) is 17.9. The van der Waals surface area contributed by atoms with Crippen molar-refractivity contribution in [3.05, 3.63) is 111 Å². The Kier molecular flexibility index (Phi) is 7.64. The molecule has 0 saturated heterocycles. The number of hydrogen-bond acceptors (Lipinski definition) is 6. The molecule has 0 bridgehead atoms. The number of esters is 1. The summed E-state index contributed by atoms with van der Waals surface area (Å²) in [5.74, 6) is -1.70. The second kappa shape index (κ2) is 10.8. The Bertz CT molecular complexity index is 1140. The van der Waals surface area contributed by atoms with Crippen LogP contribution in [0.2, 0.25) is 0 Å². The highest BCUT2D eigenvalue weighted by Crippen LogP contribution is 2.13. The lowest BCUT2D eigenvalue weighted by Crippen LogP contribution is -2.43. The van der Waals surface area contributed by atoms with E-state index in [9.17, 15) is 24.5 Å². The van der Waals surface area contributed by atoms with Gasteiger partial charge in [0.2, 0.25) is 0 Å². The molecule has 3 rings (SSSR count). The van der Waals surface area contributed by atoms with E-state index < -0.39 is 29.4 Å². The van der Waals surface area contributed by atoms with Gasteiger partial charge in [-0.2, -0.15) is 0 Å². The SMILES string of the molecule is Cc1ccc(C(=O)COC(=O)[C@H](Cc2ccccc2)NC(=O)c2ccc([N+](=O)[O-])cc2)cc1. The maximum absolute atomic E-state index is 12.8. The maximum atomic E-state index is 12.8. The lowest BCUT2D eigenvalue weighted by molar-refractivity contribution is -0.384. The van der Waals surface area contributed by atoms with Gasteiger partial charge in [0.1, 0.15) is 6.04 Å². The first kappa shape index (κ1) is 23.3. The highest BCUT2D eigenvalue weighted by Gasteiger charge is 2.24. The largest absolute Gasteiger partial charge is 0.456 e. The van der Waals surface area contributed by atoms with Crippen LogP contribution in [0.5, 0.6) is 0 Å². The number of aryl methyl sites for hydroxylation is 1. The number of Topliss-reactive ketones (excluding diaryl/α,β-unsaturated/α-hetero) is 1. The second-order valence-corrected chi connectivity index (χ2v) is 7.42. The Morgan fingerprint density at radius 2 is 1.52 bits per heavy atom. The van der Waals surface area contributed by atoms with E-state index in [0.29, 0.717) is 5.56 Å². The monoisotopic (exact) mass is 446 g/mol. The minimum absolute atomic E-state index is 0.150. The van der Waals surface area contributed by atoms with Crippen LogP contribution in [0.1, 0.15) is 31.8 Å². The van der Waals surface area contributed by atoms with E-state index in [2.05, 4.69) is 5.32 Å². The molecular weight excluding hydrogens is 424 g/mol. The van der Waals surface area contributed by atoms with Gasteiger partial charge >= 0.3 is 5.97 Å². The van der Waals surface area contributed by atoms with Gasteiger partial charge in [-0.15, -0.1) is 0 Å². The summed E-state index contributed by atoms with van der Waals surface area (Å²) in [7, 11) is 0. The summed E-state index contributed by atoms with van der Waals surface area (Å²) < 4.78 is 5.22. The predicted octanol–water partition coefficient (Wildman–Crippen LogP) is 3.67. The standard InChI is InChI=1S/C25H22N2O6/c1-17-7-9-19(10-8-17)23(28)16-33-25(30)22(15-18-5-3-2-4-6-18)26-24(29)20-11-13-21(14-12-20)27(31)32/h2-14,22H,15-16H2,1H3,(H,26,29)/t22-/m0/s1. The van der Waals surface area contributed by atoms with Gasteiger partial charge in [0.05, 0.1) is 4.92 Å². The van der Waals surface area contributed by atoms with Gasteiger partial charge in [0.25, 0.3) is 11.6 Å². The van der Waals surface area contributed by atoms with E-state index in [1.165, 1.54) is 24.3 Å². The molecule has 3 aromatic rings. The molecule has 0 heterocycles. The topological polar surface area (TPSA) is 116 Å². The van der Waals surface area contributed by atoms with Crippen LogP contribution in [0.4, 0.5) is 5.69 Å². The summed E-state index contributed by atoms with van der Waals surface area (Å²) in [5, 5.41) is 13.4. The number of rotatable bonds is 9. The van der Waals surface area contributed by atoms with E-state index in [4.69, 9.17) is 4.74 Å². The molecule has 0 aliphatic rings. The molecule has 1 N–H and O–H groups in total. The number of benzene rings is 3. The molecule has 0 aromatic heterocycles. The summed E-state index contributed by atoms with van der Waals surface area (Å²) in [6, 6.07) is 19.9. The first-order chi connectivity index (χ1) is 15.8. The average Bonchev–Trinajstić information content (AvgIpc) is 2.83. The third-order valence-corrected chi connectivity index (χ3v) is 4.93. The van der Waals surface area contributed by atoms with Crippen LogP contribution in [0, 0.1) is 17.0 Å². The number of non-ortho nitro benzene ring substituents is 1. The van der Waals surface area contributed by atoms with E-state index in [1.807, 2.05) is 13.0 Å². The minimum Gasteiger partial charge on any atom is -0.456 e. The van der Waals surface area contributed by atoms with Crippen LogP contribution in [-0.4, -0.2) is 35.2 Å². The number of carbonyl (C=O) groups excluding carboxylic acids is 3. The third-order valence-electron chi connectivity index (χ3n) is 4.93. The fourth-order valence-electron chi connectivity index (χ4n) is 3.08. The summed E-state index contributed by atoms with van der Waals surface area (Å²) in [6.07, 6.45) is 0.150. The Labute approximate surface area is 190 Å². The van der Waals surface area contributed by atoms with Crippen LogP contribution in [0.25, 0.3) is 0 Å². The summed E-state index contributed by atoms with van der Waals surface area (Å²) in [4.78, 5) is 48.0. The number of nitrogens with one attached hydrogen (secondary N) is 1. The minimum atomic E-state index is -1.05. The number of amides is 1. The molecule has 33 heavy (non-hydrogen) atoms. The molecule has 1 amide bonds. The van der Waals surface area contributed by atoms with Gasteiger partial charge in [-0.05, 0) is 24.6 Å². The fraction of sp³-hybridized carbons (Fsp3) is 0.160. The fourth-order valence-corrected chi connectivity index (χ4v) is 3.08. The molecule has 8 heteroatoms. The first-order valence-corrected chi connectivity index (χ1v) is 10.2. The van der Waals surface area contributed by atoms with Crippen molar-refractivity contribution >= 4 is 23.3 Å². The lowest BCUT2D eigenvalue weighted by Gasteiger charge is -2.18. The molecule has 0 unspecified atom stereocenters. The van der Waals surface area contributed by atoms with Crippen molar-refractivity contribution in [2.45, 2.75) is 19.4 Å². The normalized spacial score (nSPS) is 11.3. The summed E-state index contributed by atoms with van der Waals surface area (Å²) >= 11 is 0. The second-order valence-electron chi connectivity index (χ2n) is 7.42. The Morgan fingerprint density at radius 1 is 0.909 bits per heavy atom. The van der Waals surface area contributed by atoms with Crippen molar-refractivity contribution in [3.63, 3.8) is 0 Å². The first-order valence-electron chi connectivity index (χ1n) is 10.2. The van der Waals surface area contributed by atoms with Crippen molar-refractivity contribution in [1.29, 1.82) is 0 Å². The van der Waals surface area contributed by atoms with Gasteiger partial charge in [-0.3, -0.25) is 19.7 Å². The highest BCUT2D eigenvalue weighted by atomic mass is 16.6. The number of carbonyl (C=O) groups is 3. The Morgan fingerprint density at radius 3 is 2.12 bits per heavy atom. The van der Waals surface area contributed by atoms with Crippen molar-refractivity contribution in [3.8, 4) is 0 Å². The molecule has 0 aliphatic carbocycles. The number of ether oxygens (including phenoxy) is 1. The molecule has 3 aromatic carbocycles. The smallest absolute Gasteiger partial charge is 0.329 e. The van der Waals surface area contributed by atoms with Gasteiger partial charge in [0, 0.05) is 29.7 Å². The number of nitrogens with zero attached hydrogens (tertiary/aromatic N) is 1. The lowest BCUT2D eigenvalue weighted by atomic mass is 10.1. The quantitative estimate of drug-likeness (QED) is 0.232. The van der Waals surface area contributed by atoms with Gasteiger partial charge < -0.3 is 10.1 Å². The van der Waals surface area contributed by atoms with Gasteiger partial charge in [0.15, 0.2) is 12.4 Å². The van der Waals surface area contributed by atoms with Crippen LogP contribution < -0.4 is 5.32 Å². The van der Waals surface area contributed by atoms with E-state index in [-0.39, 0.29) is 23.5 Å². The third kappa shape index (κ3) is 6.57.